The molecular formula is C12H9ClN4. The molecule has 0 saturated heterocycles. The van der Waals surface area contributed by atoms with E-state index in [-0.39, 0.29) is 5.69 Å². The summed E-state index contributed by atoms with van der Waals surface area (Å²) in [5.74, 6) is 0. The minimum atomic E-state index is 0.264. The summed E-state index contributed by atoms with van der Waals surface area (Å²) in [6.45, 7) is 4.13. The molecular weight excluding hydrogens is 236 g/mol. The Labute approximate surface area is 104 Å². The van der Waals surface area contributed by atoms with Gasteiger partial charge < -0.3 is 0 Å². The van der Waals surface area contributed by atoms with Gasteiger partial charge in [-0.05, 0) is 6.07 Å². The zero-order valence-electron chi connectivity index (χ0n) is 8.97. The fourth-order valence-electron chi connectivity index (χ4n) is 1.56. The highest BCUT2D eigenvalue weighted by atomic mass is 35.5. The highest BCUT2D eigenvalue weighted by Gasteiger charge is 2.16. The monoisotopic (exact) mass is 244 g/mol. The molecule has 0 saturated carbocycles. The fourth-order valence-corrected chi connectivity index (χ4v) is 1.78. The fraction of sp³-hybridized carbons (Fsp3) is 0.0833. The highest BCUT2D eigenvalue weighted by Crippen LogP contribution is 2.28. The maximum Gasteiger partial charge on any atom is 0.190 e. The number of hydrogen-bond acceptors (Lipinski definition) is 3. The average Bonchev–Trinajstić information content (AvgIpc) is 2.73. The Hall–Kier alpha value is -2.12. The molecule has 0 aliphatic carbocycles. The molecule has 1 aromatic heterocycles. The first-order valence-electron chi connectivity index (χ1n) is 4.97. The topological polar surface area (TPSA) is 54.5 Å². The molecule has 1 aromatic carbocycles. The Bertz CT molecular complexity index is 595. The van der Waals surface area contributed by atoms with Gasteiger partial charge in [-0.3, -0.25) is 0 Å². The molecule has 0 atom stereocenters. The van der Waals surface area contributed by atoms with E-state index in [4.69, 9.17) is 16.9 Å². The van der Waals surface area contributed by atoms with Crippen LogP contribution in [0.25, 0.3) is 11.3 Å². The van der Waals surface area contributed by atoms with E-state index in [2.05, 4.69) is 16.9 Å². The summed E-state index contributed by atoms with van der Waals surface area (Å²) in [5.41, 5.74) is 1.63. The van der Waals surface area contributed by atoms with Crippen molar-refractivity contribution in [2.75, 3.05) is 0 Å². The number of nitrogens with zero attached hydrogens (tertiary/aromatic N) is 4. The standard InChI is InChI=1S/C12H9ClN4/c1-2-7-17-12(11(8-14)15-16-17)9-5-3-4-6-10(9)13/h2-6H,1,7H2. The predicted molar refractivity (Wildman–Crippen MR) is 65.4 cm³/mol. The summed E-state index contributed by atoms with van der Waals surface area (Å²) >= 11 is 6.11. The van der Waals surface area contributed by atoms with Crippen molar-refractivity contribution in [2.45, 2.75) is 6.54 Å². The van der Waals surface area contributed by atoms with Gasteiger partial charge in [0, 0.05) is 5.56 Å². The third kappa shape index (κ3) is 2.05. The molecule has 17 heavy (non-hydrogen) atoms. The lowest BCUT2D eigenvalue weighted by Crippen LogP contribution is -2.00. The van der Waals surface area contributed by atoms with Gasteiger partial charge in [-0.15, -0.1) is 11.7 Å². The van der Waals surface area contributed by atoms with Gasteiger partial charge in [-0.25, -0.2) is 4.68 Å². The second-order valence-electron chi connectivity index (χ2n) is 3.35. The summed E-state index contributed by atoms with van der Waals surface area (Å²) < 4.78 is 1.60. The SMILES string of the molecule is C=CCn1nnc(C#N)c1-c1ccccc1Cl. The number of hydrogen-bond donors (Lipinski definition) is 0. The molecule has 0 N–H and O–H groups in total. The molecule has 0 aliphatic rings. The van der Waals surface area contributed by atoms with Gasteiger partial charge in [0.2, 0.25) is 0 Å². The largest absolute Gasteiger partial charge is 0.239 e. The second-order valence-corrected chi connectivity index (χ2v) is 3.76. The third-order valence-electron chi connectivity index (χ3n) is 2.27. The van der Waals surface area contributed by atoms with Gasteiger partial charge in [0.1, 0.15) is 11.8 Å². The second kappa shape index (κ2) is 4.81. The van der Waals surface area contributed by atoms with E-state index in [1.54, 1.807) is 16.8 Å². The van der Waals surface area contributed by atoms with Crippen LogP contribution in [0.2, 0.25) is 5.02 Å². The van der Waals surface area contributed by atoms with E-state index >= 15 is 0 Å². The summed E-state index contributed by atoms with van der Waals surface area (Å²) in [6, 6.07) is 9.30. The van der Waals surface area contributed by atoms with Crippen LogP contribution in [0.15, 0.2) is 36.9 Å². The van der Waals surface area contributed by atoms with E-state index < -0.39 is 0 Å². The zero-order chi connectivity index (χ0) is 12.3. The van der Waals surface area contributed by atoms with Gasteiger partial charge in [0.15, 0.2) is 5.69 Å². The summed E-state index contributed by atoms with van der Waals surface area (Å²) in [7, 11) is 0. The zero-order valence-corrected chi connectivity index (χ0v) is 9.72. The van der Waals surface area contributed by atoms with Crippen molar-refractivity contribution in [3.8, 4) is 17.3 Å². The van der Waals surface area contributed by atoms with E-state index in [0.717, 1.165) is 5.56 Å². The Morgan fingerprint density at radius 1 is 1.47 bits per heavy atom. The van der Waals surface area contributed by atoms with E-state index in [9.17, 15) is 0 Å². The number of halogens is 1. The average molecular weight is 245 g/mol. The molecule has 0 radical (unpaired) electrons. The molecule has 0 bridgehead atoms. The Kier molecular flexibility index (Phi) is 3.22. The molecule has 0 amide bonds. The maximum absolute atomic E-state index is 9.02. The number of rotatable bonds is 3. The lowest BCUT2D eigenvalue weighted by Gasteiger charge is -2.05. The molecule has 0 unspecified atom stereocenters. The smallest absolute Gasteiger partial charge is 0.190 e. The number of aromatic nitrogens is 3. The molecule has 0 aliphatic heterocycles. The van der Waals surface area contributed by atoms with Gasteiger partial charge >= 0.3 is 0 Å². The van der Waals surface area contributed by atoms with E-state index in [0.29, 0.717) is 17.3 Å². The Balaban J connectivity index is 2.65. The Morgan fingerprint density at radius 2 is 2.24 bits per heavy atom. The van der Waals surface area contributed by atoms with Crippen LogP contribution in [0.4, 0.5) is 0 Å². The normalized spacial score (nSPS) is 9.88. The first-order chi connectivity index (χ1) is 8.27. The van der Waals surface area contributed by atoms with Gasteiger partial charge in [-0.1, -0.05) is 41.1 Å². The van der Waals surface area contributed by atoms with Crippen molar-refractivity contribution in [2.24, 2.45) is 0 Å². The highest BCUT2D eigenvalue weighted by molar-refractivity contribution is 6.33. The van der Waals surface area contributed by atoms with Crippen LogP contribution >= 0.6 is 11.6 Å². The molecule has 4 nitrogen and oxygen atoms in total. The lowest BCUT2D eigenvalue weighted by atomic mass is 10.1. The van der Waals surface area contributed by atoms with Gasteiger partial charge in [-0.2, -0.15) is 5.26 Å². The number of nitriles is 1. The lowest BCUT2D eigenvalue weighted by molar-refractivity contribution is 0.668. The predicted octanol–water partition coefficient (Wildman–Crippen LogP) is 2.66. The van der Waals surface area contributed by atoms with Crippen LogP contribution in [-0.2, 0) is 6.54 Å². The molecule has 5 heteroatoms. The van der Waals surface area contributed by atoms with Crippen LogP contribution in [0.5, 0.6) is 0 Å². The minimum Gasteiger partial charge on any atom is -0.239 e. The molecule has 0 fully saturated rings. The first kappa shape index (κ1) is 11.4. The van der Waals surface area contributed by atoms with Crippen LogP contribution in [-0.4, -0.2) is 15.0 Å². The van der Waals surface area contributed by atoms with Crippen molar-refractivity contribution in [1.29, 1.82) is 5.26 Å². The summed E-state index contributed by atoms with van der Waals surface area (Å²) in [4.78, 5) is 0. The van der Waals surface area contributed by atoms with Crippen molar-refractivity contribution in [3.05, 3.63) is 47.6 Å². The third-order valence-corrected chi connectivity index (χ3v) is 2.60. The number of benzene rings is 1. The van der Waals surface area contributed by atoms with Crippen molar-refractivity contribution < 1.29 is 0 Å². The maximum atomic E-state index is 9.02. The van der Waals surface area contributed by atoms with Crippen LogP contribution < -0.4 is 0 Å². The molecule has 84 valence electrons. The quantitative estimate of drug-likeness (QED) is 0.780. The molecule has 0 spiro atoms. The van der Waals surface area contributed by atoms with Crippen LogP contribution in [0.1, 0.15) is 5.69 Å². The summed E-state index contributed by atoms with van der Waals surface area (Å²) in [5, 5.41) is 17.3. The van der Waals surface area contributed by atoms with Crippen molar-refractivity contribution in [3.63, 3.8) is 0 Å². The van der Waals surface area contributed by atoms with Gasteiger partial charge in [0.05, 0.1) is 11.6 Å². The van der Waals surface area contributed by atoms with Crippen LogP contribution in [0, 0.1) is 11.3 Å². The molecule has 1 heterocycles. The molecule has 2 rings (SSSR count). The van der Waals surface area contributed by atoms with Crippen LogP contribution in [0.3, 0.4) is 0 Å². The van der Waals surface area contributed by atoms with Crippen molar-refractivity contribution in [1.82, 2.24) is 15.0 Å². The summed E-state index contributed by atoms with van der Waals surface area (Å²) in [6.07, 6.45) is 1.69. The Morgan fingerprint density at radius 3 is 2.88 bits per heavy atom. The van der Waals surface area contributed by atoms with Gasteiger partial charge in [0.25, 0.3) is 0 Å². The molecule has 2 aromatic rings. The van der Waals surface area contributed by atoms with E-state index in [1.807, 2.05) is 24.3 Å². The minimum absolute atomic E-state index is 0.264. The first-order valence-corrected chi connectivity index (χ1v) is 5.35. The number of allylic oxidation sites excluding steroid dienone is 1. The van der Waals surface area contributed by atoms with Crippen molar-refractivity contribution >= 4 is 11.6 Å². The van der Waals surface area contributed by atoms with E-state index in [1.165, 1.54) is 0 Å².